The Balaban J connectivity index is 1.22. The highest BCUT2D eigenvalue weighted by atomic mass is 19.1. The van der Waals surface area contributed by atoms with Gasteiger partial charge in [0, 0.05) is 31.7 Å². The molecule has 0 spiro atoms. The molecule has 1 aliphatic heterocycles. The minimum atomic E-state index is -0.984. The first-order valence-corrected chi connectivity index (χ1v) is 13.0. The Bertz CT molecular complexity index is 1560. The van der Waals surface area contributed by atoms with E-state index >= 15 is 0 Å². The number of halogens is 1. The number of hydrogen-bond donors (Lipinski definition) is 1. The second kappa shape index (κ2) is 12.3. The molecule has 206 valence electrons. The van der Waals surface area contributed by atoms with E-state index in [1.807, 2.05) is 28.8 Å². The number of imidazole rings is 1. The van der Waals surface area contributed by atoms with Crippen molar-refractivity contribution in [1.29, 1.82) is 5.26 Å². The molecule has 0 saturated carbocycles. The van der Waals surface area contributed by atoms with Crippen LogP contribution in [-0.4, -0.2) is 52.5 Å². The van der Waals surface area contributed by atoms with Crippen molar-refractivity contribution in [2.75, 3.05) is 26.9 Å². The first-order valence-electron chi connectivity index (χ1n) is 13.0. The van der Waals surface area contributed by atoms with Crippen LogP contribution < -0.4 is 0 Å². The van der Waals surface area contributed by atoms with Gasteiger partial charge in [-0.1, -0.05) is 12.1 Å². The number of ether oxygens (including phenoxy) is 3. The van der Waals surface area contributed by atoms with Crippen molar-refractivity contribution in [2.45, 2.75) is 32.1 Å². The van der Waals surface area contributed by atoms with Crippen molar-refractivity contribution >= 4 is 17.0 Å². The van der Waals surface area contributed by atoms with Crippen LogP contribution in [0.25, 0.3) is 11.0 Å². The molecule has 1 aliphatic rings. The van der Waals surface area contributed by atoms with E-state index in [1.165, 1.54) is 6.07 Å². The van der Waals surface area contributed by atoms with Crippen molar-refractivity contribution in [3.05, 3.63) is 94.3 Å². The van der Waals surface area contributed by atoms with Crippen LogP contribution in [-0.2, 0) is 40.0 Å². The topological polar surface area (TPSA) is 119 Å². The summed E-state index contributed by atoms with van der Waals surface area (Å²) in [6.07, 6.45) is 0.985. The van der Waals surface area contributed by atoms with Crippen LogP contribution >= 0.6 is 0 Å². The van der Waals surface area contributed by atoms with Crippen LogP contribution in [0.4, 0.5) is 4.39 Å². The number of pyridine rings is 1. The van der Waals surface area contributed by atoms with Crippen molar-refractivity contribution in [3.63, 3.8) is 0 Å². The van der Waals surface area contributed by atoms with Gasteiger partial charge in [-0.2, -0.15) is 5.26 Å². The summed E-state index contributed by atoms with van der Waals surface area (Å²) >= 11 is 0. The third-order valence-electron chi connectivity index (χ3n) is 6.93. The molecule has 9 nitrogen and oxygen atoms in total. The fourth-order valence-electron chi connectivity index (χ4n) is 4.83. The second-order valence-electron chi connectivity index (χ2n) is 9.72. The van der Waals surface area contributed by atoms with Crippen LogP contribution in [0.3, 0.4) is 0 Å². The molecule has 0 bridgehead atoms. The number of hydrogen-bond acceptors (Lipinski definition) is 7. The molecule has 1 fully saturated rings. The van der Waals surface area contributed by atoms with Crippen molar-refractivity contribution in [2.24, 2.45) is 5.92 Å². The number of nitriles is 1. The van der Waals surface area contributed by atoms with Gasteiger partial charge in [-0.25, -0.2) is 14.2 Å². The molecule has 0 aliphatic carbocycles. The Morgan fingerprint density at radius 1 is 1.15 bits per heavy atom. The third-order valence-corrected chi connectivity index (χ3v) is 6.93. The molecule has 0 unspecified atom stereocenters. The second-order valence-corrected chi connectivity index (χ2v) is 9.72. The van der Waals surface area contributed by atoms with Crippen LogP contribution in [0.5, 0.6) is 0 Å². The number of aryl methyl sites for hydroxylation is 2. The molecular weight excluding hydrogens is 515 g/mol. The number of rotatable bonds is 10. The zero-order valence-corrected chi connectivity index (χ0v) is 22.0. The summed E-state index contributed by atoms with van der Waals surface area (Å²) in [6, 6.07) is 17.0. The molecule has 5 rings (SSSR count). The molecule has 2 aromatic carbocycles. The molecule has 10 heteroatoms. The van der Waals surface area contributed by atoms with E-state index in [1.54, 1.807) is 37.4 Å². The lowest BCUT2D eigenvalue weighted by atomic mass is 10.0. The van der Waals surface area contributed by atoms with E-state index in [9.17, 15) is 14.3 Å². The van der Waals surface area contributed by atoms with Crippen molar-refractivity contribution in [1.82, 2.24) is 14.5 Å². The number of aromatic nitrogens is 3. The number of carboxylic acid groups (broad SMARTS) is 1. The fourth-order valence-corrected chi connectivity index (χ4v) is 4.83. The van der Waals surface area contributed by atoms with Crippen molar-refractivity contribution in [3.8, 4) is 6.07 Å². The maximum absolute atomic E-state index is 14.3. The fraction of sp³-hybridized carbons (Fsp3) is 0.333. The molecule has 0 radical (unpaired) electrons. The van der Waals surface area contributed by atoms with Gasteiger partial charge in [0.1, 0.15) is 11.6 Å². The number of methoxy groups -OCH3 is 1. The van der Waals surface area contributed by atoms with Gasteiger partial charge in [-0.3, -0.25) is 4.98 Å². The van der Waals surface area contributed by atoms with Gasteiger partial charge in [-0.15, -0.1) is 0 Å². The number of benzene rings is 2. The molecule has 0 atom stereocenters. The molecule has 1 N–H and O–H groups in total. The van der Waals surface area contributed by atoms with Gasteiger partial charge < -0.3 is 23.9 Å². The van der Waals surface area contributed by atoms with Gasteiger partial charge in [0.15, 0.2) is 0 Å². The third kappa shape index (κ3) is 6.18. The van der Waals surface area contributed by atoms with Crippen LogP contribution in [0.2, 0.25) is 0 Å². The zero-order valence-electron chi connectivity index (χ0n) is 22.0. The standard InChI is InChI=1S/C30H29FN4O5/c1-38-12-11-35-27-15-22(29(36)37)8-10-25(27)34-28(35)14-20-17-39-30(40-18-20)26-4-2-3-23(33-26)9-7-21-6-5-19(16-32)13-24(21)31/h2-6,8,10,13,15,20,30H,7,9,11-12,14,17-18H2,1H3,(H,36,37). The lowest BCUT2D eigenvalue weighted by Crippen LogP contribution is -2.30. The quantitative estimate of drug-likeness (QED) is 0.311. The maximum Gasteiger partial charge on any atom is 0.335 e. The Morgan fingerprint density at radius 2 is 1.98 bits per heavy atom. The van der Waals surface area contributed by atoms with Crippen LogP contribution in [0.15, 0.2) is 54.6 Å². The molecule has 3 heterocycles. The smallest absolute Gasteiger partial charge is 0.335 e. The molecule has 4 aromatic rings. The maximum atomic E-state index is 14.3. The summed E-state index contributed by atoms with van der Waals surface area (Å²) in [5, 5.41) is 18.3. The van der Waals surface area contributed by atoms with Gasteiger partial charge in [-0.05, 0) is 60.9 Å². The molecule has 2 aromatic heterocycles. The highest BCUT2D eigenvalue weighted by Crippen LogP contribution is 2.27. The van der Waals surface area contributed by atoms with Gasteiger partial charge in [0.25, 0.3) is 0 Å². The zero-order chi connectivity index (χ0) is 28.1. The van der Waals surface area contributed by atoms with Crippen LogP contribution in [0, 0.1) is 23.1 Å². The Hall–Kier alpha value is -4.17. The van der Waals surface area contributed by atoms with E-state index in [-0.39, 0.29) is 11.5 Å². The Morgan fingerprint density at radius 3 is 2.70 bits per heavy atom. The van der Waals surface area contributed by atoms with Gasteiger partial charge >= 0.3 is 5.97 Å². The molecule has 0 amide bonds. The van der Waals surface area contributed by atoms with Crippen LogP contribution in [0.1, 0.15) is 45.0 Å². The summed E-state index contributed by atoms with van der Waals surface area (Å²) in [5.41, 5.74) is 3.98. The van der Waals surface area contributed by atoms with E-state index in [4.69, 9.17) is 24.5 Å². The summed E-state index contributed by atoms with van der Waals surface area (Å²) in [7, 11) is 1.62. The Labute approximate surface area is 230 Å². The molecule has 1 saturated heterocycles. The average molecular weight is 545 g/mol. The first-order chi connectivity index (χ1) is 19.4. The van der Waals surface area contributed by atoms with Crippen molar-refractivity contribution < 1.29 is 28.5 Å². The normalized spacial score (nSPS) is 17.1. The lowest BCUT2D eigenvalue weighted by molar-refractivity contribution is -0.207. The lowest BCUT2D eigenvalue weighted by Gasteiger charge is -2.29. The number of fused-ring (bicyclic) bond motifs is 1. The number of aromatic carboxylic acids is 1. The van der Waals surface area contributed by atoms with E-state index < -0.39 is 18.1 Å². The average Bonchev–Trinajstić information content (AvgIpc) is 3.31. The summed E-state index contributed by atoms with van der Waals surface area (Å²) in [4.78, 5) is 20.9. The van der Waals surface area contributed by atoms with E-state index in [2.05, 4.69) is 4.98 Å². The minimum absolute atomic E-state index is 0.0517. The summed E-state index contributed by atoms with van der Waals surface area (Å²) in [5.74, 6) is -0.503. The molecular formula is C30H29FN4O5. The monoisotopic (exact) mass is 544 g/mol. The summed E-state index contributed by atoms with van der Waals surface area (Å²) in [6.45, 7) is 1.91. The largest absolute Gasteiger partial charge is 0.478 e. The minimum Gasteiger partial charge on any atom is -0.478 e. The van der Waals surface area contributed by atoms with E-state index in [0.29, 0.717) is 62.4 Å². The predicted molar refractivity (Wildman–Crippen MR) is 143 cm³/mol. The number of carbonyl (C=O) groups is 1. The predicted octanol–water partition coefficient (Wildman–Crippen LogP) is 4.48. The highest BCUT2D eigenvalue weighted by molar-refractivity contribution is 5.92. The van der Waals surface area contributed by atoms with E-state index in [0.717, 1.165) is 22.6 Å². The number of carboxylic acids is 1. The summed E-state index contributed by atoms with van der Waals surface area (Å²) < 4.78 is 33.6. The highest BCUT2D eigenvalue weighted by Gasteiger charge is 2.27. The van der Waals surface area contributed by atoms with Gasteiger partial charge in [0.2, 0.25) is 6.29 Å². The SMILES string of the molecule is COCCn1c(CC2COC(c3cccc(CCc4ccc(C#N)cc4F)n3)OC2)nc2ccc(C(=O)O)cc21. The molecule has 40 heavy (non-hydrogen) atoms. The first kappa shape index (κ1) is 27.4. The van der Waals surface area contributed by atoms with Gasteiger partial charge in [0.05, 0.1) is 53.7 Å². The number of nitrogens with zero attached hydrogens (tertiary/aromatic N) is 4. The Kier molecular flexibility index (Phi) is 8.45.